The molecule has 0 aromatic carbocycles. The normalized spacial score (nSPS) is 43.1. The molecule has 84 valence electrons. The van der Waals surface area contributed by atoms with Crippen molar-refractivity contribution in [2.75, 3.05) is 5.32 Å². The number of aromatic nitrogens is 1. The lowest BCUT2D eigenvalue weighted by molar-refractivity contribution is -0.121. The molecule has 4 rings (SSSR count). The van der Waals surface area contributed by atoms with Gasteiger partial charge in [-0.1, -0.05) is 0 Å². The van der Waals surface area contributed by atoms with E-state index in [-0.39, 0.29) is 17.9 Å². The number of thiazole rings is 1. The summed E-state index contributed by atoms with van der Waals surface area (Å²) in [6.07, 6.45) is 4.44. The van der Waals surface area contributed by atoms with Crippen molar-refractivity contribution in [2.24, 2.45) is 17.8 Å². The number of anilines is 1. The molecule has 4 nitrogen and oxygen atoms in total. The number of carbonyl (C=O) groups is 1. The molecule has 1 aliphatic carbocycles. The maximum Gasteiger partial charge on any atom is 0.231 e. The van der Waals surface area contributed by atoms with E-state index < -0.39 is 0 Å². The number of ether oxygens (including phenoxy) is 1. The van der Waals surface area contributed by atoms with Crippen molar-refractivity contribution in [1.29, 1.82) is 0 Å². The number of hydrogen-bond donors (Lipinski definition) is 1. The Balaban J connectivity index is 1.49. The Hall–Kier alpha value is -0.940. The molecule has 3 heterocycles. The van der Waals surface area contributed by atoms with Gasteiger partial charge in [0.15, 0.2) is 5.13 Å². The van der Waals surface area contributed by atoms with Crippen LogP contribution in [0.3, 0.4) is 0 Å². The summed E-state index contributed by atoms with van der Waals surface area (Å²) in [5.41, 5.74) is 0. The Labute approximate surface area is 97.0 Å². The van der Waals surface area contributed by atoms with E-state index in [0.717, 1.165) is 12.3 Å². The fraction of sp³-hybridized carbons (Fsp3) is 0.636. The van der Waals surface area contributed by atoms with Crippen molar-refractivity contribution < 1.29 is 9.53 Å². The summed E-state index contributed by atoms with van der Waals surface area (Å²) in [4.78, 5) is 16.1. The fourth-order valence-corrected chi connectivity index (χ4v) is 3.72. The van der Waals surface area contributed by atoms with Crippen molar-refractivity contribution in [2.45, 2.75) is 25.0 Å². The first-order valence-electron chi connectivity index (χ1n) is 5.69. The second kappa shape index (κ2) is 3.05. The quantitative estimate of drug-likeness (QED) is 0.846. The molecular weight excluding hydrogens is 224 g/mol. The molecule has 1 N–H and O–H groups in total. The molecule has 1 aromatic heterocycles. The molecule has 2 saturated heterocycles. The first-order chi connectivity index (χ1) is 7.83. The third kappa shape index (κ3) is 1.18. The average Bonchev–Trinajstić information content (AvgIpc) is 2.67. The Morgan fingerprint density at radius 3 is 3.12 bits per heavy atom. The Bertz CT molecular complexity index is 433. The third-order valence-corrected chi connectivity index (χ3v) is 4.69. The van der Waals surface area contributed by atoms with Gasteiger partial charge in [0.2, 0.25) is 5.91 Å². The number of hydrogen-bond acceptors (Lipinski definition) is 4. The molecule has 5 heteroatoms. The van der Waals surface area contributed by atoms with E-state index in [4.69, 9.17) is 4.74 Å². The average molecular weight is 236 g/mol. The molecule has 2 bridgehead atoms. The highest BCUT2D eigenvalue weighted by molar-refractivity contribution is 7.13. The van der Waals surface area contributed by atoms with Crippen molar-refractivity contribution >= 4 is 22.4 Å². The SMILES string of the molecule is O=C(Nc1nccs1)[C@@H]1C[C@@H]2O[C@H]1[C@H]1C[C@H]12. The number of fused-ring (bicyclic) bond motifs is 5. The number of nitrogens with zero attached hydrogens (tertiary/aromatic N) is 1. The van der Waals surface area contributed by atoms with Gasteiger partial charge in [-0.3, -0.25) is 4.79 Å². The zero-order valence-electron chi connectivity index (χ0n) is 8.63. The second-order valence-electron chi connectivity index (χ2n) is 4.87. The Kier molecular flexibility index (Phi) is 1.74. The lowest BCUT2D eigenvalue weighted by Gasteiger charge is -2.16. The first-order valence-corrected chi connectivity index (χ1v) is 6.57. The zero-order valence-corrected chi connectivity index (χ0v) is 9.44. The second-order valence-corrected chi connectivity index (χ2v) is 5.77. The molecule has 0 radical (unpaired) electrons. The van der Waals surface area contributed by atoms with E-state index >= 15 is 0 Å². The van der Waals surface area contributed by atoms with Crippen LogP contribution in [0.15, 0.2) is 11.6 Å². The van der Waals surface area contributed by atoms with Gasteiger partial charge in [0, 0.05) is 11.6 Å². The molecular formula is C11H12N2O2S. The van der Waals surface area contributed by atoms with Crippen LogP contribution in [-0.4, -0.2) is 23.1 Å². The lowest BCUT2D eigenvalue weighted by Crippen LogP contribution is -2.31. The number of amides is 1. The molecule has 3 aliphatic rings. The van der Waals surface area contributed by atoms with Gasteiger partial charge < -0.3 is 10.1 Å². The van der Waals surface area contributed by atoms with Gasteiger partial charge in [0.1, 0.15) is 0 Å². The zero-order chi connectivity index (χ0) is 10.7. The van der Waals surface area contributed by atoms with Crippen molar-refractivity contribution in [3.8, 4) is 0 Å². The molecule has 2 aliphatic heterocycles. The summed E-state index contributed by atoms with van der Waals surface area (Å²) in [5.74, 6) is 1.59. The van der Waals surface area contributed by atoms with Gasteiger partial charge in [0.25, 0.3) is 0 Å². The van der Waals surface area contributed by atoms with Gasteiger partial charge in [-0.05, 0) is 24.7 Å². The summed E-state index contributed by atoms with van der Waals surface area (Å²) >= 11 is 1.46. The van der Waals surface area contributed by atoms with E-state index in [1.165, 1.54) is 17.8 Å². The Morgan fingerprint density at radius 2 is 2.44 bits per heavy atom. The largest absolute Gasteiger partial charge is 0.374 e. The van der Waals surface area contributed by atoms with Crippen LogP contribution in [-0.2, 0) is 9.53 Å². The van der Waals surface area contributed by atoms with Crippen LogP contribution >= 0.6 is 11.3 Å². The fourth-order valence-electron chi connectivity index (χ4n) is 3.19. The maximum atomic E-state index is 12.0. The monoisotopic (exact) mass is 236 g/mol. The highest BCUT2D eigenvalue weighted by atomic mass is 32.1. The van der Waals surface area contributed by atoms with E-state index in [1.807, 2.05) is 5.38 Å². The smallest absolute Gasteiger partial charge is 0.231 e. The molecule has 1 amide bonds. The van der Waals surface area contributed by atoms with Crippen LogP contribution in [0.2, 0.25) is 0 Å². The third-order valence-electron chi connectivity index (χ3n) is 4.00. The predicted molar refractivity (Wildman–Crippen MR) is 59.1 cm³/mol. The number of rotatable bonds is 2. The first kappa shape index (κ1) is 9.13. The van der Waals surface area contributed by atoms with Gasteiger partial charge in [0.05, 0.1) is 18.1 Å². The minimum absolute atomic E-state index is 0.0534. The number of nitrogens with one attached hydrogen (secondary N) is 1. The highest BCUT2D eigenvalue weighted by Gasteiger charge is 2.64. The van der Waals surface area contributed by atoms with Gasteiger partial charge in [-0.25, -0.2) is 4.98 Å². The van der Waals surface area contributed by atoms with Crippen molar-refractivity contribution in [3.05, 3.63) is 11.6 Å². The van der Waals surface area contributed by atoms with Gasteiger partial charge >= 0.3 is 0 Å². The van der Waals surface area contributed by atoms with Crippen LogP contribution in [0.4, 0.5) is 5.13 Å². The van der Waals surface area contributed by atoms with E-state index in [0.29, 0.717) is 17.2 Å². The molecule has 16 heavy (non-hydrogen) atoms. The van der Waals surface area contributed by atoms with E-state index in [9.17, 15) is 4.79 Å². The van der Waals surface area contributed by atoms with Crippen LogP contribution in [0.1, 0.15) is 12.8 Å². The van der Waals surface area contributed by atoms with Gasteiger partial charge in [-0.2, -0.15) is 0 Å². The molecule has 1 aromatic rings. The predicted octanol–water partition coefficient (Wildman–Crippen LogP) is 1.50. The molecule has 3 fully saturated rings. The summed E-state index contributed by atoms with van der Waals surface area (Å²) in [7, 11) is 0. The molecule has 0 spiro atoms. The summed E-state index contributed by atoms with van der Waals surface area (Å²) in [6.45, 7) is 0. The molecule has 5 atom stereocenters. The summed E-state index contributed by atoms with van der Waals surface area (Å²) in [5, 5.41) is 5.44. The topological polar surface area (TPSA) is 51.2 Å². The van der Waals surface area contributed by atoms with Crippen LogP contribution in [0.5, 0.6) is 0 Å². The van der Waals surface area contributed by atoms with Gasteiger partial charge in [-0.15, -0.1) is 11.3 Å². The van der Waals surface area contributed by atoms with Crippen molar-refractivity contribution in [3.63, 3.8) is 0 Å². The summed E-state index contributed by atoms with van der Waals surface area (Å²) < 4.78 is 5.81. The van der Waals surface area contributed by atoms with E-state index in [1.54, 1.807) is 6.20 Å². The minimum atomic E-state index is 0.0534. The van der Waals surface area contributed by atoms with Crippen LogP contribution < -0.4 is 5.32 Å². The lowest BCUT2D eigenvalue weighted by atomic mass is 9.88. The van der Waals surface area contributed by atoms with Crippen LogP contribution in [0, 0.1) is 17.8 Å². The minimum Gasteiger partial charge on any atom is -0.374 e. The molecule has 0 unspecified atom stereocenters. The summed E-state index contributed by atoms with van der Waals surface area (Å²) in [6, 6.07) is 0. The highest BCUT2D eigenvalue weighted by Crippen LogP contribution is 2.60. The number of carbonyl (C=O) groups excluding carboxylic acids is 1. The molecule has 1 saturated carbocycles. The maximum absolute atomic E-state index is 12.0. The van der Waals surface area contributed by atoms with E-state index in [2.05, 4.69) is 10.3 Å². The Morgan fingerprint density at radius 1 is 1.50 bits per heavy atom. The van der Waals surface area contributed by atoms with Crippen molar-refractivity contribution in [1.82, 2.24) is 4.98 Å². The standard InChI is InChI=1S/C11H12N2O2S/c14-10(13-11-12-1-2-16-11)7-4-8-5-3-6(5)9(7)15-8/h1-2,5-9H,3-4H2,(H,12,13,14)/t5-,6+,7-,8+,9+/m1/s1. The van der Waals surface area contributed by atoms with Crippen LogP contribution in [0.25, 0.3) is 0 Å².